The SMILES string of the molecule is CCC1CCCC(N)(Cc2ccc(OC)c(Br)c2)CC1. The van der Waals surface area contributed by atoms with Crippen molar-refractivity contribution in [1.29, 1.82) is 0 Å². The van der Waals surface area contributed by atoms with Crippen LogP contribution in [0.4, 0.5) is 0 Å². The minimum absolute atomic E-state index is 0.0298. The Bertz CT molecular complexity index is 449. The van der Waals surface area contributed by atoms with Gasteiger partial charge in [-0.1, -0.05) is 32.3 Å². The van der Waals surface area contributed by atoms with E-state index in [2.05, 4.69) is 35.0 Å². The second kappa shape index (κ2) is 6.95. The van der Waals surface area contributed by atoms with Crippen LogP contribution < -0.4 is 10.5 Å². The Hall–Kier alpha value is -0.540. The van der Waals surface area contributed by atoms with E-state index >= 15 is 0 Å². The van der Waals surface area contributed by atoms with Crippen LogP contribution in [0.15, 0.2) is 22.7 Å². The van der Waals surface area contributed by atoms with Gasteiger partial charge in [-0.3, -0.25) is 0 Å². The normalized spacial score (nSPS) is 27.1. The molecule has 0 heterocycles. The zero-order valence-electron chi connectivity index (χ0n) is 12.6. The van der Waals surface area contributed by atoms with Crippen molar-refractivity contribution in [2.75, 3.05) is 7.11 Å². The van der Waals surface area contributed by atoms with Crippen molar-refractivity contribution in [2.45, 2.75) is 57.4 Å². The molecule has 0 saturated heterocycles. The summed E-state index contributed by atoms with van der Waals surface area (Å²) in [4.78, 5) is 0. The van der Waals surface area contributed by atoms with Gasteiger partial charge in [0.2, 0.25) is 0 Å². The Morgan fingerprint density at radius 1 is 1.35 bits per heavy atom. The summed E-state index contributed by atoms with van der Waals surface area (Å²) in [6, 6.07) is 6.31. The number of benzene rings is 1. The van der Waals surface area contributed by atoms with Gasteiger partial charge in [0.25, 0.3) is 0 Å². The van der Waals surface area contributed by atoms with Crippen LogP contribution in [0.25, 0.3) is 0 Å². The Morgan fingerprint density at radius 2 is 2.15 bits per heavy atom. The number of nitrogens with two attached hydrogens (primary N) is 1. The molecule has 1 aliphatic rings. The van der Waals surface area contributed by atoms with E-state index in [0.717, 1.165) is 35.4 Å². The van der Waals surface area contributed by atoms with Gasteiger partial charge in [0.1, 0.15) is 5.75 Å². The van der Waals surface area contributed by atoms with E-state index in [1.165, 1.54) is 31.2 Å². The van der Waals surface area contributed by atoms with Crippen LogP contribution in [0.5, 0.6) is 5.75 Å². The summed E-state index contributed by atoms with van der Waals surface area (Å²) in [6.07, 6.45) is 8.46. The molecule has 2 atom stereocenters. The first kappa shape index (κ1) is 15.8. The highest BCUT2D eigenvalue weighted by atomic mass is 79.9. The van der Waals surface area contributed by atoms with Gasteiger partial charge in [-0.15, -0.1) is 0 Å². The van der Waals surface area contributed by atoms with Gasteiger partial charge in [-0.05, 0) is 65.2 Å². The predicted molar refractivity (Wildman–Crippen MR) is 88.2 cm³/mol. The number of hydrogen-bond acceptors (Lipinski definition) is 2. The van der Waals surface area contributed by atoms with Gasteiger partial charge < -0.3 is 10.5 Å². The van der Waals surface area contributed by atoms with Crippen molar-refractivity contribution in [3.63, 3.8) is 0 Å². The van der Waals surface area contributed by atoms with Crippen molar-refractivity contribution in [3.8, 4) is 5.75 Å². The molecule has 0 aromatic heterocycles. The lowest BCUT2D eigenvalue weighted by atomic mass is 9.84. The molecular weight excluding hydrogens is 314 g/mol. The first-order valence-electron chi connectivity index (χ1n) is 7.67. The molecule has 112 valence electrons. The molecule has 1 saturated carbocycles. The molecule has 1 aromatic rings. The summed E-state index contributed by atoms with van der Waals surface area (Å²) in [7, 11) is 1.69. The summed E-state index contributed by atoms with van der Waals surface area (Å²) >= 11 is 3.56. The molecule has 1 fully saturated rings. The molecule has 0 aliphatic heterocycles. The maximum absolute atomic E-state index is 6.68. The lowest BCUT2D eigenvalue weighted by Gasteiger charge is -2.28. The molecular formula is C17H26BrNO. The highest BCUT2D eigenvalue weighted by Gasteiger charge is 2.29. The third-order valence-electron chi connectivity index (χ3n) is 4.69. The van der Waals surface area contributed by atoms with Crippen LogP contribution in [0.2, 0.25) is 0 Å². The van der Waals surface area contributed by atoms with Crippen molar-refractivity contribution < 1.29 is 4.74 Å². The summed E-state index contributed by atoms with van der Waals surface area (Å²) in [5, 5.41) is 0. The highest BCUT2D eigenvalue weighted by Crippen LogP contribution is 2.34. The van der Waals surface area contributed by atoms with E-state index in [9.17, 15) is 0 Å². The summed E-state index contributed by atoms with van der Waals surface area (Å²) < 4.78 is 6.30. The fourth-order valence-electron chi connectivity index (χ4n) is 3.32. The van der Waals surface area contributed by atoms with E-state index in [1.54, 1.807) is 7.11 Å². The predicted octanol–water partition coefficient (Wildman–Crippen LogP) is 4.69. The monoisotopic (exact) mass is 339 g/mol. The minimum Gasteiger partial charge on any atom is -0.496 e. The van der Waals surface area contributed by atoms with Crippen LogP contribution in [0, 0.1) is 5.92 Å². The number of ether oxygens (including phenoxy) is 1. The van der Waals surface area contributed by atoms with Crippen molar-refractivity contribution in [2.24, 2.45) is 11.7 Å². The maximum Gasteiger partial charge on any atom is 0.133 e. The number of rotatable bonds is 4. The van der Waals surface area contributed by atoms with Crippen molar-refractivity contribution in [1.82, 2.24) is 0 Å². The molecule has 0 bridgehead atoms. The molecule has 0 radical (unpaired) electrons. The standard InChI is InChI=1S/C17H26BrNO/c1-3-13-5-4-9-17(19,10-8-13)12-14-6-7-16(20-2)15(18)11-14/h6-7,11,13H,3-5,8-10,12,19H2,1-2H3. The van der Waals surface area contributed by atoms with Gasteiger partial charge in [-0.2, -0.15) is 0 Å². The lowest BCUT2D eigenvalue weighted by molar-refractivity contribution is 0.358. The van der Waals surface area contributed by atoms with Crippen molar-refractivity contribution in [3.05, 3.63) is 28.2 Å². The number of halogens is 1. The Kier molecular flexibility index (Phi) is 5.50. The van der Waals surface area contributed by atoms with Gasteiger partial charge in [0, 0.05) is 5.54 Å². The van der Waals surface area contributed by atoms with Crippen molar-refractivity contribution >= 4 is 15.9 Å². The zero-order valence-corrected chi connectivity index (χ0v) is 14.2. The molecule has 1 aliphatic carbocycles. The highest BCUT2D eigenvalue weighted by molar-refractivity contribution is 9.10. The van der Waals surface area contributed by atoms with Gasteiger partial charge in [0.05, 0.1) is 11.6 Å². The summed E-state index contributed by atoms with van der Waals surface area (Å²) in [6.45, 7) is 2.30. The third-order valence-corrected chi connectivity index (χ3v) is 5.31. The maximum atomic E-state index is 6.68. The molecule has 2 nitrogen and oxygen atoms in total. The molecule has 2 rings (SSSR count). The van der Waals surface area contributed by atoms with E-state index in [4.69, 9.17) is 10.5 Å². The molecule has 1 aromatic carbocycles. The molecule has 2 unspecified atom stereocenters. The fourth-order valence-corrected chi connectivity index (χ4v) is 3.90. The van der Waals surface area contributed by atoms with E-state index < -0.39 is 0 Å². The molecule has 20 heavy (non-hydrogen) atoms. The first-order valence-corrected chi connectivity index (χ1v) is 8.47. The largest absolute Gasteiger partial charge is 0.496 e. The molecule has 3 heteroatoms. The van der Waals surface area contributed by atoms with Gasteiger partial charge >= 0.3 is 0 Å². The Balaban J connectivity index is 2.06. The molecule has 2 N–H and O–H groups in total. The molecule has 0 spiro atoms. The fraction of sp³-hybridized carbons (Fsp3) is 0.647. The van der Waals surface area contributed by atoms with Crippen LogP contribution in [0.3, 0.4) is 0 Å². The second-order valence-electron chi connectivity index (χ2n) is 6.21. The number of methoxy groups -OCH3 is 1. The quantitative estimate of drug-likeness (QED) is 0.807. The van der Waals surface area contributed by atoms with Crippen LogP contribution in [-0.4, -0.2) is 12.6 Å². The third kappa shape index (κ3) is 3.98. The second-order valence-corrected chi connectivity index (χ2v) is 7.07. The Labute approximate surface area is 131 Å². The van der Waals surface area contributed by atoms with Gasteiger partial charge in [0.15, 0.2) is 0 Å². The average molecular weight is 340 g/mol. The number of hydrogen-bond donors (Lipinski definition) is 1. The smallest absolute Gasteiger partial charge is 0.133 e. The lowest BCUT2D eigenvalue weighted by Crippen LogP contribution is -2.41. The first-order chi connectivity index (χ1) is 9.56. The Morgan fingerprint density at radius 3 is 2.80 bits per heavy atom. The zero-order chi connectivity index (χ0) is 14.6. The summed E-state index contributed by atoms with van der Waals surface area (Å²) in [5.41, 5.74) is 7.95. The van der Waals surface area contributed by atoms with Crippen LogP contribution >= 0.6 is 15.9 Å². The van der Waals surface area contributed by atoms with E-state index in [1.807, 2.05) is 6.07 Å². The minimum atomic E-state index is -0.0298. The van der Waals surface area contributed by atoms with Crippen LogP contribution in [-0.2, 0) is 6.42 Å². The average Bonchev–Trinajstić information content (AvgIpc) is 2.61. The van der Waals surface area contributed by atoms with E-state index in [-0.39, 0.29) is 5.54 Å². The van der Waals surface area contributed by atoms with Gasteiger partial charge in [-0.25, -0.2) is 0 Å². The topological polar surface area (TPSA) is 35.2 Å². The summed E-state index contributed by atoms with van der Waals surface area (Å²) in [5.74, 6) is 1.76. The van der Waals surface area contributed by atoms with E-state index in [0.29, 0.717) is 0 Å². The van der Waals surface area contributed by atoms with Crippen LogP contribution in [0.1, 0.15) is 51.0 Å². The molecule has 0 amide bonds.